The van der Waals surface area contributed by atoms with E-state index in [-0.39, 0.29) is 24.2 Å². The molecule has 4 aromatic rings. The van der Waals surface area contributed by atoms with Gasteiger partial charge in [0.05, 0.1) is 18.0 Å². The number of carbonyl (C=O) groups is 2. The Kier molecular flexibility index (Phi) is 7.22. The van der Waals surface area contributed by atoms with E-state index in [9.17, 15) is 9.59 Å². The molecule has 1 unspecified atom stereocenters. The molecule has 0 saturated carbocycles. The quantitative estimate of drug-likeness (QED) is 0.338. The molecule has 0 aliphatic carbocycles. The average Bonchev–Trinajstić information content (AvgIpc) is 3.52. The second kappa shape index (κ2) is 10.7. The van der Waals surface area contributed by atoms with Gasteiger partial charge < -0.3 is 9.64 Å². The third kappa shape index (κ3) is 4.90. The summed E-state index contributed by atoms with van der Waals surface area (Å²) in [5, 5.41) is 8.80. The van der Waals surface area contributed by atoms with Crippen LogP contribution in [0.15, 0.2) is 42.6 Å². The highest BCUT2D eigenvalue weighted by Gasteiger charge is 2.25. The number of rotatable bonds is 6. The summed E-state index contributed by atoms with van der Waals surface area (Å²) < 4.78 is 23.3. The maximum absolute atomic E-state index is 15.3. The Morgan fingerprint density at radius 2 is 1.89 bits per heavy atom. The highest BCUT2D eigenvalue weighted by atomic mass is 19.1. The Hall–Kier alpha value is -4.08. The molecule has 3 aromatic heterocycles. The number of likely N-dealkylation sites (tertiary alicyclic amines) is 1. The number of aromatic nitrogens is 5. The molecule has 0 bridgehead atoms. The summed E-state index contributed by atoms with van der Waals surface area (Å²) in [7, 11) is 0. The molecule has 9 nitrogen and oxygen atoms in total. The van der Waals surface area contributed by atoms with Crippen LogP contribution in [0.2, 0.25) is 0 Å². The number of hydrogen-bond acceptors (Lipinski definition) is 6. The molecule has 1 aliphatic rings. The number of amides is 1. The molecule has 1 amide bonds. The molecular formula is C28H31FN6O3. The van der Waals surface area contributed by atoms with E-state index in [1.807, 2.05) is 11.8 Å². The van der Waals surface area contributed by atoms with Crippen molar-refractivity contribution >= 4 is 17.5 Å². The zero-order chi connectivity index (χ0) is 26.8. The summed E-state index contributed by atoms with van der Waals surface area (Å²) in [6.45, 7) is 6.77. The normalized spacial score (nSPS) is 16.0. The van der Waals surface area contributed by atoms with E-state index >= 15 is 4.39 Å². The molecule has 1 aromatic carbocycles. The van der Waals surface area contributed by atoms with Gasteiger partial charge in [0.15, 0.2) is 11.3 Å². The van der Waals surface area contributed by atoms with Crippen molar-refractivity contribution in [2.45, 2.75) is 58.9 Å². The molecule has 1 saturated heterocycles. The maximum Gasteiger partial charge on any atom is 0.358 e. The first-order valence-corrected chi connectivity index (χ1v) is 13.1. The van der Waals surface area contributed by atoms with Crippen LogP contribution in [-0.2, 0) is 11.2 Å². The minimum Gasteiger partial charge on any atom is -0.461 e. The van der Waals surface area contributed by atoms with Gasteiger partial charge in [0.1, 0.15) is 11.5 Å². The molecule has 0 spiro atoms. The Labute approximate surface area is 220 Å². The van der Waals surface area contributed by atoms with Gasteiger partial charge in [0.2, 0.25) is 0 Å². The molecule has 5 rings (SSSR count). The van der Waals surface area contributed by atoms with E-state index in [0.717, 1.165) is 37.9 Å². The molecule has 198 valence electrons. The topological polar surface area (TPSA) is 94.6 Å². The van der Waals surface area contributed by atoms with E-state index in [1.54, 1.807) is 41.9 Å². The maximum atomic E-state index is 15.3. The van der Waals surface area contributed by atoms with Gasteiger partial charge in [-0.1, -0.05) is 19.8 Å². The van der Waals surface area contributed by atoms with Crippen LogP contribution in [-0.4, -0.2) is 60.3 Å². The minimum absolute atomic E-state index is 0.0729. The molecule has 1 aliphatic heterocycles. The van der Waals surface area contributed by atoms with Crippen molar-refractivity contribution in [2.24, 2.45) is 0 Å². The lowest BCUT2D eigenvalue weighted by atomic mass is 10.1. The van der Waals surface area contributed by atoms with Gasteiger partial charge in [-0.25, -0.2) is 23.4 Å². The molecule has 0 radical (unpaired) electrons. The molecule has 38 heavy (non-hydrogen) atoms. The Morgan fingerprint density at radius 1 is 1.05 bits per heavy atom. The van der Waals surface area contributed by atoms with Gasteiger partial charge in [0, 0.05) is 42.2 Å². The van der Waals surface area contributed by atoms with Crippen molar-refractivity contribution in [1.82, 2.24) is 29.3 Å². The third-order valence-electron chi connectivity index (χ3n) is 6.96. The number of carbonyl (C=O) groups excluding carboxylic acids is 2. The van der Waals surface area contributed by atoms with Crippen LogP contribution in [0, 0.1) is 5.82 Å². The van der Waals surface area contributed by atoms with Crippen LogP contribution in [0.5, 0.6) is 0 Å². The fraction of sp³-hybridized carbons (Fsp3) is 0.393. The number of nitrogens with zero attached hydrogens (tertiary/aromatic N) is 6. The second-order valence-electron chi connectivity index (χ2n) is 9.51. The summed E-state index contributed by atoms with van der Waals surface area (Å²) in [6, 6.07) is 9.85. The lowest BCUT2D eigenvalue weighted by molar-refractivity contribution is 0.0518. The number of fused-ring (bicyclic) bond motifs is 1. The van der Waals surface area contributed by atoms with Crippen LogP contribution >= 0.6 is 0 Å². The van der Waals surface area contributed by atoms with Crippen molar-refractivity contribution in [3.8, 4) is 16.9 Å². The number of hydrogen-bond donors (Lipinski definition) is 0. The zero-order valence-electron chi connectivity index (χ0n) is 21.9. The van der Waals surface area contributed by atoms with Crippen molar-refractivity contribution in [2.75, 3.05) is 13.2 Å². The predicted octanol–water partition coefficient (Wildman–Crippen LogP) is 4.86. The average molecular weight is 519 g/mol. The van der Waals surface area contributed by atoms with Crippen molar-refractivity contribution in [1.29, 1.82) is 0 Å². The van der Waals surface area contributed by atoms with Crippen LogP contribution in [0.4, 0.5) is 4.39 Å². The van der Waals surface area contributed by atoms with E-state index in [4.69, 9.17) is 4.74 Å². The monoisotopic (exact) mass is 518 g/mol. The Bertz CT molecular complexity index is 1490. The van der Waals surface area contributed by atoms with E-state index in [1.165, 1.54) is 16.8 Å². The highest BCUT2D eigenvalue weighted by Crippen LogP contribution is 2.26. The summed E-state index contributed by atoms with van der Waals surface area (Å²) >= 11 is 0. The molecule has 4 heterocycles. The van der Waals surface area contributed by atoms with Gasteiger partial charge in [0.25, 0.3) is 5.91 Å². The number of esters is 1. The van der Waals surface area contributed by atoms with Crippen LogP contribution in [0.1, 0.15) is 73.1 Å². The fourth-order valence-electron chi connectivity index (χ4n) is 4.89. The number of ether oxygens (including phenoxy) is 1. The minimum atomic E-state index is -0.532. The fourth-order valence-corrected chi connectivity index (χ4v) is 4.89. The first kappa shape index (κ1) is 25.6. The van der Waals surface area contributed by atoms with E-state index in [2.05, 4.69) is 22.1 Å². The van der Waals surface area contributed by atoms with Crippen LogP contribution < -0.4 is 0 Å². The van der Waals surface area contributed by atoms with Crippen molar-refractivity contribution in [3.05, 3.63) is 65.5 Å². The molecule has 0 N–H and O–H groups in total. The SMILES string of the molecule is CCOC(=O)c1ccn(-c2ccc(-c3cc4nc(C(=O)N5CCCCCC5C)cc(CC)n4n3)c(F)c2)n1. The first-order chi connectivity index (χ1) is 18.4. The molecule has 1 atom stereocenters. The first-order valence-electron chi connectivity index (χ1n) is 13.1. The van der Waals surface area contributed by atoms with Gasteiger partial charge in [-0.2, -0.15) is 10.2 Å². The van der Waals surface area contributed by atoms with Crippen LogP contribution in [0.3, 0.4) is 0 Å². The lowest BCUT2D eigenvalue weighted by Gasteiger charge is -2.27. The summed E-state index contributed by atoms with van der Waals surface area (Å²) in [5.41, 5.74) is 3.03. The predicted molar refractivity (Wildman–Crippen MR) is 140 cm³/mol. The molecule has 10 heteroatoms. The number of benzene rings is 1. The summed E-state index contributed by atoms with van der Waals surface area (Å²) in [4.78, 5) is 31.9. The highest BCUT2D eigenvalue weighted by molar-refractivity contribution is 5.93. The van der Waals surface area contributed by atoms with E-state index < -0.39 is 11.8 Å². The largest absolute Gasteiger partial charge is 0.461 e. The zero-order valence-corrected chi connectivity index (χ0v) is 21.9. The van der Waals surface area contributed by atoms with Gasteiger partial charge in [-0.15, -0.1) is 0 Å². The number of halogens is 1. The third-order valence-corrected chi connectivity index (χ3v) is 6.96. The van der Waals surface area contributed by atoms with Gasteiger partial charge >= 0.3 is 5.97 Å². The lowest BCUT2D eigenvalue weighted by Crippen LogP contribution is -2.38. The van der Waals surface area contributed by atoms with Crippen molar-refractivity contribution < 1.29 is 18.7 Å². The van der Waals surface area contributed by atoms with Crippen LogP contribution in [0.25, 0.3) is 22.6 Å². The Morgan fingerprint density at radius 3 is 2.66 bits per heavy atom. The molecule has 1 fully saturated rings. The van der Waals surface area contributed by atoms with E-state index in [0.29, 0.717) is 34.7 Å². The molecular weight excluding hydrogens is 487 g/mol. The standard InChI is InChI=1S/C28H31FN6O3/c1-4-19-16-25(27(36)33-13-8-6-7-9-18(33)3)30-26-17-24(32-35(19)26)21-11-10-20(15-22(21)29)34-14-12-23(31-34)28(37)38-5-2/h10-12,14-18H,4-9,13H2,1-3H3. The number of aryl methyl sites for hydroxylation is 1. The smallest absolute Gasteiger partial charge is 0.358 e. The van der Waals surface area contributed by atoms with Crippen molar-refractivity contribution in [3.63, 3.8) is 0 Å². The van der Waals surface area contributed by atoms with Gasteiger partial charge in [-0.3, -0.25) is 4.79 Å². The van der Waals surface area contributed by atoms with Gasteiger partial charge in [-0.05, 0) is 57.4 Å². The summed E-state index contributed by atoms with van der Waals surface area (Å²) in [6.07, 6.45) is 6.45. The summed E-state index contributed by atoms with van der Waals surface area (Å²) in [5.74, 6) is -1.10. The second-order valence-corrected chi connectivity index (χ2v) is 9.51. The Balaban J connectivity index is 1.46.